The first-order valence-corrected chi connectivity index (χ1v) is 8.57. The van der Waals surface area contributed by atoms with Crippen molar-refractivity contribution in [2.75, 3.05) is 13.7 Å². The number of hydrogen-bond donors (Lipinski definition) is 2. The van der Waals surface area contributed by atoms with Gasteiger partial charge in [-0.1, -0.05) is 18.2 Å². The van der Waals surface area contributed by atoms with E-state index >= 15 is 0 Å². The molecule has 0 aliphatic heterocycles. The van der Waals surface area contributed by atoms with Gasteiger partial charge in [0.05, 0.1) is 5.69 Å². The number of hydrogen-bond acceptors (Lipinski definition) is 5. The number of esters is 1. The van der Waals surface area contributed by atoms with Crippen LogP contribution < -0.4 is 10.6 Å². The van der Waals surface area contributed by atoms with E-state index in [0.29, 0.717) is 11.3 Å². The standard InChI is InChI=1S/C20H17FN4O4/c1-22-20(28)23-17(26)12-29-19(27)16-11-25(15-5-3-2-4-6-15)24-18(16)13-7-9-14(21)10-8-13/h2-11H,12H2,1H3,(H2,22,23,26,28). The summed E-state index contributed by atoms with van der Waals surface area (Å²) in [7, 11) is 1.35. The van der Waals surface area contributed by atoms with Crippen LogP contribution in [-0.4, -0.2) is 41.3 Å². The first kappa shape index (κ1) is 19.7. The lowest BCUT2D eigenvalue weighted by molar-refractivity contribution is -0.123. The molecule has 1 heterocycles. The summed E-state index contributed by atoms with van der Waals surface area (Å²) in [4.78, 5) is 35.4. The minimum absolute atomic E-state index is 0.0909. The largest absolute Gasteiger partial charge is 0.452 e. The number of carbonyl (C=O) groups is 3. The van der Waals surface area contributed by atoms with E-state index in [4.69, 9.17) is 4.74 Å². The Morgan fingerprint density at radius 2 is 1.76 bits per heavy atom. The average molecular weight is 396 g/mol. The Morgan fingerprint density at radius 1 is 1.07 bits per heavy atom. The van der Waals surface area contributed by atoms with E-state index in [1.165, 1.54) is 42.2 Å². The predicted molar refractivity (Wildman–Crippen MR) is 102 cm³/mol. The van der Waals surface area contributed by atoms with Crippen molar-refractivity contribution in [1.82, 2.24) is 20.4 Å². The molecule has 0 fully saturated rings. The Bertz CT molecular complexity index is 1030. The van der Waals surface area contributed by atoms with Gasteiger partial charge < -0.3 is 10.1 Å². The number of amides is 3. The number of halogens is 1. The molecule has 3 rings (SSSR count). The van der Waals surface area contributed by atoms with E-state index in [0.717, 1.165) is 0 Å². The number of benzene rings is 2. The Hall–Kier alpha value is -4.01. The van der Waals surface area contributed by atoms with Crippen LogP contribution in [0.3, 0.4) is 0 Å². The van der Waals surface area contributed by atoms with Gasteiger partial charge in [-0.2, -0.15) is 5.10 Å². The summed E-state index contributed by atoms with van der Waals surface area (Å²) in [5.74, 6) is -2.01. The zero-order valence-corrected chi connectivity index (χ0v) is 15.4. The highest BCUT2D eigenvalue weighted by Crippen LogP contribution is 2.24. The normalized spacial score (nSPS) is 10.3. The molecular weight excluding hydrogens is 379 g/mol. The smallest absolute Gasteiger partial charge is 0.342 e. The summed E-state index contributed by atoms with van der Waals surface area (Å²) >= 11 is 0. The Kier molecular flexibility index (Phi) is 5.98. The molecule has 0 aliphatic rings. The number of carbonyl (C=O) groups excluding carboxylic acids is 3. The summed E-state index contributed by atoms with van der Waals surface area (Å²) in [6, 6.07) is 13.8. The molecule has 0 unspecified atom stereocenters. The fourth-order valence-corrected chi connectivity index (χ4v) is 2.49. The topological polar surface area (TPSA) is 102 Å². The van der Waals surface area contributed by atoms with Crippen molar-refractivity contribution < 1.29 is 23.5 Å². The lowest BCUT2D eigenvalue weighted by atomic mass is 10.1. The number of nitrogens with zero attached hydrogens (tertiary/aromatic N) is 2. The van der Waals surface area contributed by atoms with E-state index in [-0.39, 0.29) is 11.3 Å². The summed E-state index contributed by atoms with van der Waals surface area (Å²) in [6.45, 7) is -0.647. The molecule has 0 atom stereocenters. The van der Waals surface area contributed by atoms with Gasteiger partial charge in [0.15, 0.2) is 6.61 Å². The van der Waals surface area contributed by atoms with Crippen molar-refractivity contribution in [2.24, 2.45) is 0 Å². The maximum atomic E-state index is 13.3. The molecule has 2 aromatic carbocycles. The van der Waals surface area contributed by atoms with Crippen LogP contribution in [0.4, 0.5) is 9.18 Å². The first-order valence-electron chi connectivity index (χ1n) is 8.57. The second-order valence-electron chi connectivity index (χ2n) is 5.88. The number of para-hydroxylation sites is 1. The zero-order chi connectivity index (χ0) is 20.8. The highest BCUT2D eigenvalue weighted by atomic mass is 19.1. The molecule has 0 saturated heterocycles. The third-order valence-electron chi connectivity index (χ3n) is 3.89. The molecule has 8 nitrogen and oxygen atoms in total. The first-order chi connectivity index (χ1) is 14.0. The minimum atomic E-state index is -0.807. The van der Waals surface area contributed by atoms with E-state index in [2.05, 4.69) is 10.4 Å². The molecule has 1 aromatic heterocycles. The summed E-state index contributed by atoms with van der Waals surface area (Å²) in [6.07, 6.45) is 1.47. The molecule has 3 amide bonds. The molecule has 0 spiro atoms. The van der Waals surface area contributed by atoms with Crippen LogP contribution in [0, 0.1) is 5.82 Å². The SMILES string of the molecule is CNC(=O)NC(=O)COC(=O)c1cn(-c2ccccc2)nc1-c1ccc(F)cc1. The molecule has 148 valence electrons. The minimum Gasteiger partial charge on any atom is -0.452 e. The van der Waals surface area contributed by atoms with Gasteiger partial charge in [-0.05, 0) is 36.4 Å². The van der Waals surface area contributed by atoms with Gasteiger partial charge in [0.2, 0.25) is 0 Å². The Balaban J connectivity index is 1.88. The fraction of sp³-hybridized carbons (Fsp3) is 0.100. The number of rotatable bonds is 5. The molecule has 3 aromatic rings. The third kappa shape index (κ3) is 4.83. The highest BCUT2D eigenvalue weighted by Gasteiger charge is 2.21. The summed E-state index contributed by atoms with van der Waals surface area (Å²) < 4.78 is 19.8. The molecule has 0 bridgehead atoms. The molecule has 9 heteroatoms. The van der Waals surface area contributed by atoms with Gasteiger partial charge in [0.1, 0.15) is 17.1 Å². The van der Waals surface area contributed by atoms with Crippen molar-refractivity contribution in [3.8, 4) is 16.9 Å². The van der Waals surface area contributed by atoms with Crippen LogP contribution in [0.1, 0.15) is 10.4 Å². The highest BCUT2D eigenvalue weighted by molar-refractivity contribution is 5.99. The van der Waals surface area contributed by atoms with Crippen molar-refractivity contribution >= 4 is 17.9 Å². The van der Waals surface area contributed by atoms with Crippen LogP contribution in [0.5, 0.6) is 0 Å². The van der Waals surface area contributed by atoms with Crippen molar-refractivity contribution in [1.29, 1.82) is 0 Å². The predicted octanol–water partition coefficient (Wildman–Crippen LogP) is 2.29. The van der Waals surface area contributed by atoms with Crippen LogP contribution in [0.15, 0.2) is 60.8 Å². The third-order valence-corrected chi connectivity index (χ3v) is 3.89. The maximum Gasteiger partial charge on any atom is 0.342 e. The Morgan fingerprint density at radius 3 is 2.41 bits per heavy atom. The van der Waals surface area contributed by atoms with Crippen molar-refractivity contribution in [2.45, 2.75) is 0 Å². The van der Waals surface area contributed by atoms with Crippen LogP contribution >= 0.6 is 0 Å². The number of ether oxygens (including phenoxy) is 1. The molecule has 0 aliphatic carbocycles. The number of urea groups is 1. The second-order valence-corrected chi connectivity index (χ2v) is 5.88. The Labute approximate surface area is 165 Å². The van der Waals surface area contributed by atoms with Gasteiger partial charge in [-0.15, -0.1) is 0 Å². The molecular formula is C20H17FN4O4. The summed E-state index contributed by atoms with van der Waals surface area (Å²) in [5.41, 5.74) is 1.56. The van der Waals surface area contributed by atoms with Gasteiger partial charge in [0, 0.05) is 18.8 Å². The van der Waals surface area contributed by atoms with Gasteiger partial charge in [-0.25, -0.2) is 18.7 Å². The number of aromatic nitrogens is 2. The quantitative estimate of drug-likeness (QED) is 0.645. The molecule has 29 heavy (non-hydrogen) atoms. The van der Waals surface area contributed by atoms with Crippen molar-refractivity contribution in [3.63, 3.8) is 0 Å². The fourth-order valence-electron chi connectivity index (χ4n) is 2.49. The monoisotopic (exact) mass is 396 g/mol. The number of imide groups is 1. The second kappa shape index (κ2) is 8.79. The zero-order valence-electron chi connectivity index (χ0n) is 15.4. The average Bonchev–Trinajstić information content (AvgIpc) is 3.18. The molecule has 0 saturated carbocycles. The van der Waals surface area contributed by atoms with Gasteiger partial charge >= 0.3 is 12.0 Å². The molecule has 0 radical (unpaired) electrons. The van der Waals surface area contributed by atoms with E-state index in [1.807, 2.05) is 23.5 Å². The lowest BCUT2D eigenvalue weighted by Gasteiger charge is -2.05. The maximum absolute atomic E-state index is 13.3. The van der Waals surface area contributed by atoms with Crippen molar-refractivity contribution in [3.05, 3.63) is 72.2 Å². The van der Waals surface area contributed by atoms with Crippen LogP contribution in [0.2, 0.25) is 0 Å². The number of nitrogens with one attached hydrogen (secondary N) is 2. The molecule has 2 N–H and O–H groups in total. The lowest BCUT2D eigenvalue weighted by Crippen LogP contribution is -2.39. The van der Waals surface area contributed by atoms with E-state index < -0.39 is 30.3 Å². The summed E-state index contributed by atoms with van der Waals surface area (Å²) in [5, 5.41) is 8.63. The van der Waals surface area contributed by atoms with Crippen LogP contribution in [-0.2, 0) is 9.53 Å². The van der Waals surface area contributed by atoms with Crippen LogP contribution in [0.25, 0.3) is 16.9 Å². The van der Waals surface area contributed by atoms with E-state index in [9.17, 15) is 18.8 Å². The van der Waals surface area contributed by atoms with E-state index in [1.54, 1.807) is 12.1 Å². The van der Waals surface area contributed by atoms with Gasteiger partial charge in [-0.3, -0.25) is 10.1 Å². The van der Waals surface area contributed by atoms with Gasteiger partial charge in [0.25, 0.3) is 5.91 Å².